The molecule has 0 aliphatic heterocycles. The molecule has 3 heteroatoms. The Bertz CT molecular complexity index is 151. The van der Waals surface area contributed by atoms with Crippen molar-refractivity contribution in [1.29, 1.82) is 0 Å². The van der Waals surface area contributed by atoms with Gasteiger partial charge in [-0.05, 0) is 11.3 Å². The van der Waals surface area contributed by atoms with E-state index >= 15 is 0 Å². The molecular weight excluding hydrogens is 218 g/mol. The van der Waals surface area contributed by atoms with Crippen LogP contribution < -0.4 is 5.32 Å². The minimum Gasteiger partial charge on any atom is -0.355 e. The van der Waals surface area contributed by atoms with E-state index in [-0.39, 0.29) is 11.3 Å². The Hall–Kier alpha value is -0.0500. The topological polar surface area (TPSA) is 29.1 Å². The highest BCUT2D eigenvalue weighted by Gasteiger charge is 2.19. The Morgan fingerprint density at radius 2 is 2.00 bits per heavy atom. The van der Waals surface area contributed by atoms with Crippen LogP contribution >= 0.6 is 15.9 Å². The summed E-state index contributed by atoms with van der Waals surface area (Å²) < 4.78 is 0. The lowest BCUT2D eigenvalue weighted by molar-refractivity contribution is -0.118. The summed E-state index contributed by atoms with van der Waals surface area (Å²) in [6, 6.07) is 0. The second-order valence-electron chi connectivity index (χ2n) is 4.20. The van der Waals surface area contributed by atoms with E-state index in [1.807, 2.05) is 0 Å². The minimum absolute atomic E-state index is 0.0612. The first-order valence-electron chi connectivity index (χ1n) is 4.20. The lowest BCUT2D eigenvalue weighted by atomic mass is 9.82. The third-order valence-corrected chi connectivity index (χ3v) is 2.71. The van der Waals surface area contributed by atoms with Crippen molar-refractivity contribution in [3.8, 4) is 0 Å². The summed E-state index contributed by atoms with van der Waals surface area (Å²) in [7, 11) is 0. The van der Waals surface area contributed by atoms with E-state index in [9.17, 15) is 4.79 Å². The van der Waals surface area contributed by atoms with Gasteiger partial charge in [-0.15, -0.1) is 0 Å². The third-order valence-electron chi connectivity index (χ3n) is 2.21. The van der Waals surface area contributed by atoms with Crippen molar-refractivity contribution < 1.29 is 4.79 Å². The van der Waals surface area contributed by atoms with Crippen LogP contribution in [0.15, 0.2) is 0 Å². The molecule has 0 aliphatic carbocycles. The second kappa shape index (κ2) is 4.85. The molecule has 12 heavy (non-hydrogen) atoms. The van der Waals surface area contributed by atoms with Gasteiger partial charge in [0.25, 0.3) is 0 Å². The van der Waals surface area contributed by atoms with Gasteiger partial charge in [-0.2, -0.15) is 0 Å². The Balaban J connectivity index is 3.72. The van der Waals surface area contributed by atoms with Gasteiger partial charge in [-0.25, -0.2) is 0 Å². The van der Waals surface area contributed by atoms with E-state index in [1.54, 1.807) is 0 Å². The fraction of sp³-hybridized carbons (Fsp3) is 0.889. The molecule has 0 aromatic carbocycles. The maximum Gasteiger partial charge on any atom is 0.230 e. The van der Waals surface area contributed by atoms with E-state index in [0.29, 0.717) is 11.2 Å². The number of carbonyl (C=O) groups excluding carboxylic acids is 1. The Labute approximate surface area is 83.2 Å². The zero-order valence-corrected chi connectivity index (χ0v) is 9.86. The summed E-state index contributed by atoms with van der Waals surface area (Å²) in [6.07, 6.45) is 0. The van der Waals surface area contributed by atoms with Gasteiger partial charge in [0, 0.05) is 6.54 Å². The number of nitrogens with one attached hydrogen (secondary N) is 1. The molecule has 0 saturated carbocycles. The zero-order chi connectivity index (χ0) is 9.78. The van der Waals surface area contributed by atoms with Crippen LogP contribution in [0.4, 0.5) is 0 Å². The van der Waals surface area contributed by atoms with Gasteiger partial charge in [0.05, 0.1) is 5.33 Å². The van der Waals surface area contributed by atoms with Crippen molar-refractivity contribution >= 4 is 21.8 Å². The highest BCUT2D eigenvalue weighted by molar-refractivity contribution is 9.09. The molecule has 0 fully saturated rings. The van der Waals surface area contributed by atoms with E-state index in [4.69, 9.17) is 0 Å². The first-order valence-corrected chi connectivity index (χ1v) is 5.32. The van der Waals surface area contributed by atoms with Gasteiger partial charge in [-0.3, -0.25) is 4.79 Å². The van der Waals surface area contributed by atoms with Crippen molar-refractivity contribution in [3.05, 3.63) is 0 Å². The molecule has 0 spiro atoms. The van der Waals surface area contributed by atoms with E-state index in [1.165, 1.54) is 0 Å². The van der Waals surface area contributed by atoms with E-state index in [0.717, 1.165) is 6.54 Å². The monoisotopic (exact) mass is 235 g/mol. The lowest BCUT2D eigenvalue weighted by Crippen LogP contribution is -2.34. The van der Waals surface area contributed by atoms with Gasteiger partial charge in [0.15, 0.2) is 0 Å². The number of alkyl halides is 1. The molecule has 72 valence electrons. The molecule has 1 amide bonds. The van der Waals surface area contributed by atoms with Gasteiger partial charge >= 0.3 is 0 Å². The van der Waals surface area contributed by atoms with Crippen LogP contribution in [0.2, 0.25) is 0 Å². The molecule has 0 radical (unpaired) electrons. The average molecular weight is 236 g/mol. The number of carbonyl (C=O) groups is 1. The molecule has 2 nitrogen and oxygen atoms in total. The maximum absolute atomic E-state index is 10.9. The summed E-state index contributed by atoms with van der Waals surface area (Å²) in [6.45, 7) is 9.44. The van der Waals surface area contributed by atoms with Crippen LogP contribution in [0.25, 0.3) is 0 Å². The predicted octanol–water partition coefficient (Wildman–Crippen LogP) is 2.18. The molecule has 0 aromatic heterocycles. The summed E-state index contributed by atoms with van der Waals surface area (Å²) >= 11 is 3.10. The van der Waals surface area contributed by atoms with Crippen molar-refractivity contribution in [1.82, 2.24) is 5.32 Å². The smallest absolute Gasteiger partial charge is 0.230 e. The van der Waals surface area contributed by atoms with Crippen LogP contribution in [0.1, 0.15) is 27.7 Å². The Kier molecular flexibility index (Phi) is 4.83. The SMILES string of the molecule is CC(CNC(=O)CBr)C(C)(C)C. The van der Waals surface area contributed by atoms with E-state index < -0.39 is 0 Å². The number of hydrogen-bond donors (Lipinski definition) is 1. The van der Waals surface area contributed by atoms with Crippen molar-refractivity contribution in [2.24, 2.45) is 11.3 Å². The summed E-state index contributed by atoms with van der Waals surface area (Å²) in [4.78, 5) is 10.9. The molecule has 1 N–H and O–H groups in total. The summed E-state index contributed by atoms with van der Waals surface area (Å²) in [5.74, 6) is 0.562. The van der Waals surface area contributed by atoms with Crippen molar-refractivity contribution in [2.45, 2.75) is 27.7 Å². The number of hydrogen-bond acceptors (Lipinski definition) is 1. The number of rotatable bonds is 3. The van der Waals surface area contributed by atoms with E-state index in [2.05, 4.69) is 48.9 Å². The van der Waals surface area contributed by atoms with Crippen LogP contribution in [-0.4, -0.2) is 17.8 Å². The first-order chi connectivity index (χ1) is 5.38. The fourth-order valence-electron chi connectivity index (χ4n) is 0.620. The van der Waals surface area contributed by atoms with Crippen LogP contribution in [0.3, 0.4) is 0 Å². The molecule has 0 aromatic rings. The predicted molar refractivity (Wildman–Crippen MR) is 55.4 cm³/mol. The molecule has 0 aliphatic rings. The van der Waals surface area contributed by atoms with Gasteiger partial charge < -0.3 is 5.32 Å². The summed E-state index contributed by atoms with van der Waals surface area (Å²) in [5.41, 5.74) is 0.263. The zero-order valence-electron chi connectivity index (χ0n) is 8.28. The Morgan fingerprint density at radius 3 is 2.33 bits per heavy atom. The lowest BCUT2D eigenvalue weighted by Gasteiger charge is -2.27. The molecule has 0 bridgehead atoms. The highest BCUT2D eigenvalue weighted by Crippen LogP contribution is 2.24. The maximum atomic E-state index is 10.9. The Morgan fingerprint density at radius 1 is 1.50 bits per heavy atom. The standard InChI is InChI=1S/C9H18BrNO/c1-7(9(2,3)4)6-11-8(12)5-10/h7H,5-6H2,1-4H3,(H,11,12). The van der Waals surface area contributed by atoms with Crippen LogP contribution in [-0.2, 0) is 4.79 Å². The minimum atomic E-state index is 0.0612. The van der Waals surface area contributed by atoms with Gasteiger partial charge in [0.2, 0.25) is 5.91 Å². The first kappa shape index (κ1) is 11.9. The van der Waals surface area contributed by atoms with Crippen LogP contribution in [0.5, 0.6) is 0 Å². The number of amides is 1. The van der Waals surface area contributed by atoms with Crippen LogP contribution in [0, 0.1) is 11.3 Å². The molecule has 1 unspecified atom stereocenters. The largest absolute Gasteiger partial charge is 0.355 e. The average Bonchev–Trinajstić information content (AvgIpc) is 1.97. The van der Waals surface area contributed by atoms with Crippen molar-refractivity contribution in [3.63, 3.8) is 0 Å². The normalized spacial score (nSPS) is 14.1. The molecule has 0 saturated heterocycles. The van der Waals surface area contributed by atoms with Gasteiger partial charge in [0.1, 0.15) is 0 Å². The van der Waals surface area contributed by atoms with Crippen molar-refractivity contribution in [2.75, 3.05) is 11.9 Å². The second-order valence-corrected chi connectivity index (χ2v) is 4.77. The molecule has 1 atom stereocenters. The molecule has 0 rings (SSSR count). The van der Waals surface area contributed by atoms with Gasteiger partial charge in [-0.1, -0.05) is 43.6 Å². The highest BCUT2D eigenvalue weighted by atomic mass is 79.9. The quantitative estimate of drug-likeness (QED) is 0.747. The third kappa shape index (κ3) is 4.75. The molecule has 0 heterocycles. The number of halogens is 1. The summed E-state index contributed by atoms with van der Waals surface area (Å²) in [5, 5.41) is 3.25. The fourth-order valence-corrected chi connectivity index (χ4v) is 0.819. The molecular formula is C9H18BrNO.